The van der Waals surface area contributed by atoms with Gasteiger partial charge in [0, 0.05) is 13.1 Å². The molecule has 0 unspecified atom stereocenters. The quantitative estimate of drug-likeness (QED) is 0.416. The summed E-state index contributed by atoms with van der Waals surface area (Å²) in [7, 11) is 4.73. The lowest BCUT2D eigenvalue weighted by molar-refractivity contribution is 0.0947. The van der Waals surface area contributed by atoms with E-state index in [1.54, 1.807) is 21.3 Å². The Morgan fingerprint density at radius 1 is 0.909 bits per heavy atom. The number of aromatic nitrogens is 1. The molecule has 4 N–H and O–H groups in total. The van der Waals surface area contributed by atoms with Crippen LogP contribution in [0.4, 0.5) is 5.69 Å². The van der Waals surface area contributed by atoms with Gasteiger partial charge >= 0.3 is 0 Å². The number of methoxy groups -OCH3 is 3. The molecule has 3 aromatic rings. The van der Waals surface area contributed by atoms with Crippen molar-refractivity contribution < 1.29 is 23.8 Å². The third kappa shape index (κ3) is 5.92. The fourth-order valence-corrected chi connectivity index (χ4v) is 3.78. The number of hydrogen-bond acceptors (Lipinski definition) is 8. The van der Waals surface area contributed by atoms with Gasteiger partial charge in [-0.05, 0) is 53.3 Å². The number of amides is 2. The van der Waals surface area contributed by atoms with Gasteiger partial charge in [-0.25, -0.2) is 0 Å². The molecule has 0 aliphatic rings. The summed E-state index contributed by atoms with van der Waals surface area (Å²) in [6.45, 7) is 0.678. The molecule has 174 valence electrons. The van der Waals surface area contributed by atoms with E-state index >= 15 is 0 Å². The summed E-state index contributed by atoms with van der Waals surface area (Å²) < 4.78 is 19.7. The van der Waals surface area contributed by atoms with Gasteiger partial charge in [0.05, 0.1) is 27.0 Å². The van der Waals surface area contributed by atoms with Crippen molar-refractivity contribution in [3.8, 4) is 17.2 Å². The van der Waals surface area contributed by atoms with Gasteiger partial charge in [0.25, 0.3) is 11.8 Å². The van der Waals surface area contributed by atoms with Crippen LogP contribution in [0.5, 0.6) is 17.2 Å². The second-order valence-corrected chi connectivity index (χ2v) is 7.77. The van der Waals surface area contributed by atoms with Crippen molar-refractivity contribution in [2.75, 3.05) is 33.6 Å². The Morgan fingerprint density at radius 2 is 1.61 bits per heavy atom. The average Bonchev–Trinajstić information content (AvgIpc) is 3.24. The fraction of sp³-hybridized carbons (Fsp3) is 0.261. The van der Waals surface area contributed by atoms with Gasteiger partial charge in [-0.1, -0.05) is 18.2 Å². The second-order valence-electron chi connectivity index (χ2n) is 7.00. The number of nitrogens with two attached hydrogens (primary N) is 1. The molecule has 0 radical (unpaired) electrons. The lowest BCUT2D eigenvalue weighted by atomic mass is 10.1. The van der Waals surface area contributed by atoms with E-state index in [0.717, 1.165) is 28.4 Å². The Bertz CT molecular complexity index is 1110. The average molecular weight is 471 g/mol. The van der Waals surface area contributed by atoms with Crippen LogP contribution in [0, 0.1) is 0 Å². The lowest BCUT2D eigenvalue weighted by Gasteiger charge is -2.10. The third-order valence-electron chi connectivity index (χ3n) is 4.91. The molecule has 2 amide bonds. The molecule has 2 aromatic carbocycles. The molecule has 3 rings (SSSR count). The number of ether oxygens (including phenoxy) is 3. The van der Waals surface area contributed by atoms with Crippen LogP contribution in [0.3, 0.4) is 0 Å². The van der Waals surface area contributed by atoms with Crippen molar-refractivity contribution in [3.05, 3.63) is 64.2 Å². The van der Waals surface area contributed by atoms with Crippen LogP contribution in [0.1, 0.15) is 31.3 Å². The maximum absolute atomic E-state index is 12.5. The normalized spacial score (nSPS) is 10.4. The van der Waals surface area contributed by atoms with E-state index in [0.29, 0.717) is 31.0 Å². The van der Waals surface area contributed by atoms with Crippen LogP contribution in [0.2, 0.25) is 0 Å². The molecule has 0 saturated carbocycles. The van der Waals surface area contributed by atoms with E-state index in [1.165, 1.54) is 0 Å². The first kappa shape index (κ1) is 23.9. The van der Waals surface area contributed by atoms with Gasteiger partial charge in [-0.3, -0.25) is 9.59 Å². The summed E-state index contributed by atoms with van der Waals surface area (Å²) in [5.74, 6) is 1.18. The highest BCUT2D eigenvalue weighted by atomic mass is 32.1. The van der Waals surface area contributed by atoms with Gasteiger partial charge in [0.15, 0.2) is 17.2 Å². The first-order valence-corrected chi connectivity index (χ1v) is 10.9. The van der Waals surface area contributed by atoms with E-state index < -0.39 is 5.91 Å². The number of rotatable bonds is 10. The predicted molar refractivity (Wildman–Crippen MR) is 126 cm³/mol. The molecule has 1 heterocycles. The predicted octanol–water partition coefficient (Wildman–Crippen LogP) is 2.65. The fourth-order valence-electron chi connectivity index (χ4n) is 3.07. The van der Waals surface area contributed by atoms with Crippen molar-refractivity contribution in [1.29, 1.82) is 0 Å². The Kier molecular flexibility index (Phi) is 8.09. The van der Waals surface area contributed by atoms with Crippen LogP contribution >= 0.6 is 11.5 Å². The summed E-state index contributed by atoms with van der Waals surface area (Å²) >= 11 is 0.896. The molecule has 0 spiro atoms. The smallest absolute Gasteiger partial charge is 0.273 e. The summed E-state index contributed by atoms with van der Waals surface area (Å²) in [4.78, 5) is 25.2. The van der Waals surface area contributed by atoms with Gasteiger partial charge in [-0.15, -0.1) is 0 Å². The van der Waals surface area contributed by atoms with E-state index in [-0.39, 0.29) is 22.2 Å². The van der Waals surface area contributed by atoms with Gasteiger partial charge in [0.1, 0.15) is 10.6 Å². The molecule has 0 bridgehead atoms. The number of benzene rings is 2. The number of nitrogen functional groups attached to an aromatic ring is 1. The Morgan fingerprint density at radius 3 is 2.27 bits per heavy atom. The number of hydrogen-bond donors (Lipinski definition) is 3. The summed E-state index contributed by atoms with van der Waals surface area (Å²) in [6, 6.07) is 12.9. The van der Waals surface area contributed by atoms with Crippen molar-refractivity contribution in [2.45, 2.75) is 13.0 Å². The highest BCUT2D eigenvalue weighted by Gasteiger charge is 2.22. The molecule has 0 atom stereocenters. The van der Waals surface area contributed by atoms with Crippen molar-refractivity contribution >= 4 is 29.0 Å². The maximum atomic E-state index is 12.5. The van der Waals surface area contributed by atoms with Crippen molar-refractivity contribution in [3.63, 3.8) is 0 Å². The maximum Gasteiger partial charge on any atom is 0.273 e. The highest BCUT2D eigenvalue weighted by Crippen LogP contribution is 2.27. The van der Waals surface area contributed by atoms with Gasteiger partial charge < -0.3 is 30.6 Å². The minimum absolute atomic E-state index is 0.0403. The number of carbonyl (C=O) groups is 2. The van der Waals surface area contributed by atoms with Crippen LogP contribution < -0.4 is 30.6 Å². The second kappa shape index (κ2) is 11.2. The molecule has 0 saturated heterocycles. The van der Waals surface area contributed by atoms with Crippen molar-refractivity contribution in [1.82, 2.24) is 15.0 Å². The Balaban J connectivity index is 1.54. The van der Waals surface area contributed by atoms with E-state index in [9.17, 15) is 9.59 Å². The summed E-state index contributed by atoms with van der Waals surface area (Å²) in [6.07, 6.45) is 0.583. The molecule has 0 aliphatic heterocycles. The first-order chi connectivity index (χ1) is 16.0. The standard InChI is InChI=1S/C23H26N4O5S/c1-30-16-7-4-15(5-8-16)13-26-22(28)20-19(24)21(33-27-20)23(29)25-11-10-14-6-9-17(31-2)18(12-14)32-3/h4-9,12H,10-11,13,24H2,1-3H3,(H,25,29)(H,26,28). The van der Waals surface area contributed by atoms with Crippen LogP contribution in [0.25, 0.3) is 0 Å². The number of nitrogens with one attached hydrogen (secondary N) is 2. The highest BCUT2D eigenvalue weighted by molar-refractivity contribution is 7.09. The van der Waals surface area contributed by atoms with Crippen LogP contribution in [-0.4, -0.2) is 44.1 Å². The number of nitrogens with zero attached hydrogens (tertiary/aromatic N) is 1. The largest absolute Gasteiger partial charge is 0.497 e. The van der Waals surface area contributed by atoms with E-state index in [1.807, 2.05) is 42.5 Å². The molecule has 0 fully saturated rings. The van der Waals surface area contributed by atoms with Crippen LogP contribution in [-0.2, 0) is 13.0 Å². The zero-order chi connectivity index (χ0) is 23.8. The Labute approximate surface area is 196 Å². The summed E-state index contributed by atoms with van der Waals surface area (Å²) in [5.41, 5.74) is 8.02. The Hall–Kier alpha value is -3.79. The lowest BCUT2D eigenvalue weighted by Crippen LogP contribution is -2.27. The van der Waals surface area contributed by atoms with Crippen LogP contribution in [0.15, 0.2) is 42.5 Å². The molecule has 9 nitrogen and oxygen atoms in total. The third-order valence-corrected chi connectivity index (χ3v) is 5.77. The molecular formula is C23H26N4O5S. The minimum atomic E-state index is -0.441. The minimum Gasteiger partial charge on any atom is -0.497 e. The summed E-state index contributed by atoms with van der Waals surface area (Å²) in [5, 5.41) is 5.57. The number of anilines is 1. The molecule has 33 heavy (non-hydrogen) atoms. The molecule has 0 aliphatic carbocycles. The first-order valence-electron chi connectivity index (χ1n) is 10.1. The zero-order valence-electron chi connectivity index (χ0n) is 18.6. The number of carbonyl (C=O) groups excluding carboxylic acids is 2. The molecule has 10 heteroatoms. The van der Waals surface area contributed by atoms with E-state index in [4.69, 9.17) is 19.9 Å². The zero-order valence-corrected chi connectivity index (χ0v) is 19.5. The molecule has 1 aromatic heterocycles. The van der Waals surface area contributed by atoms with Gasteiger partial charge in [0.2, 0.25) is 0 Å². The topological polar surface area (TPSA) is 125 Å². The molecular weight excluding hydrogens is 444 g/mol. The van der Waals surface area contributed by atoms with Gasteiger partial charge in [-0.2, -0.15) is 4.37 Å². The monoisotopic (exact) mass is 470 g/mol. The van der Waals surface area contributed by atoms with Crippen molar-refractivity contribution in [2.24, 2.45) is 0 Å². The SMILES string of the molecule is COc1ccc(CNC(=O)c2nsc(C(=O)NCCc3ccc(OC)c(OC)c3)c2N)cc1. The van der Waals surface area contributed by atoms with E-state index in [2.05, 4.69) is 15.0 Å².